The predicted molar refractivity (Wildman–Crippen MR) is 131 cm³/mol. The molecule has 10 nitrogen and oxygen atoms in total. The Hall–Kier alpha value is -3.02. The van der Waals surface area contributed by atoms with Gasteiger partial charge in [-0.15, -0.1) is 0 Å². The minimum atomic E-state index is -0.627. The van der Waals surface area contributed by atoms with E-state index in [-0.39, 0.29) is 28.0 Å². The number of piperidine rings is 1. The van der Waals surface area contributed by atoms with E-state index in [0.717, 1.165) is 25.9 Å². The number of guanidine groups is 1. The van der Waals surface area contributed by atoms with Crippen LogP contribution in [0.5, 0.6) is 0 Å². The quantitative estimate of drug-likeness (QED) is 0.410. The second kappa shape index (κ2) is 8.40. The molecule has 0 bridgehead atoms. The van der Waals surface area contributed by atoms with Gasteiger partial charge in [0.2, 0.25) is 0 Å². The number of anilines is 2. The smallest absolute Gasteiger partial charge is 0.302 e. The normalized spacial score (nSPS) is 19.2. The average Bonchev–Trinajstić information content (AvgIpc) is 3.37. The highest BCUT2D eigenvalue weighted by atomic mass is 35.5. The first-order chi connectivity index (χ1) is 15.8. The fraction of sp³-hybridized carbons (Fsp3) is 0.333. The minimum absolute atomic E-state index is 0.0254. The minimum Gasteiger partial charge on any atom is -0.382 e. The highest BCUT2D eigenvalue weighted by molar-refractivity contribution is 7.97. The number of hydrogen-bond acceptors (Lipinski definition) is 7. The summed E-state index contributed by atoms with van der Waals surface area (Å²) in [6.45, 7) is 2.51. The monoisotopic (exact) mass is 485 g/mol. The van der Waals surface area contributed by atoms with E-state index in [0.29, 0.717) is 12.5 Å². The van der Waals surface area contributed by atoms with Gasteiger partial charge >= 0.3 is 5.91 Å². The van der Waals surface area contributed by atoms with Crippen molar-refractivity contribution < 1.29 is 4.79 Å². The first-order valence-corrected chi connectivity index (χ1v) is 11.7. The van der Waals surface area contributed by atoms with E-state index in [1.54, 1.807) is 11.9 Å². The van der Waals surface area contributed by atoms with Gasteiger partial charge in [-0.25, -0.2) is 14.3 Å². The SMILES string of the molecule is Cn1ccc2c(SN3CCC4(CC3)CN/C(=N\C(=O)c3nc(Cl)c(N)nc3N)N4)cccc21. The Morgan fingerprint density at radius 2 is 2.00 bits per heavy atom. The molecule has 172 valence electrons. The van der Waals surface area contributed by atoms with Crippen molar-refractivity contribution in [3.8, 4) is 0 Å². The van der Waals surface area contributed by atoms with Crippen molar-refractivity contribution >= 4 is 58.0 Å². The van der Waals surface area contributed by atoms with Crippen molar-refractivity contribution in [2.45, 2.75) is 23.3 Å². The first-order valence-electron chi connectivity index (χ1n) is 10.5. The summed E-state index contributed by atoms with van der Waals surface area (Å²) in [6, 6.07) is 8.57. The number of nitrogens with one attached hydrogen (secondary N) is 2. The molecule has 2 saturated heterocycles. The number of halogens is 1. The van der Waals surface area contributed by atoms with E-state index in [4.69, 9.17) is 23.1 Å². The summed E-state index contributed by atoms with van der Waals surface area (Å²) >= 11 is 7.67. The third-order valence-corrected chi connectivity index (χ3v) is 7.55. The number of hydrogen-bond donors (Lipinski definition) is 4. The Balaban J connectivity index is 1.23. The number of aromatic nitrogens is 3. The summed E-state index contributed by atoms with van der Waals surface area (Å²) in [5, 5.41) is 7.79. The molecule has 5 rings (SSSR count). The van der Waals surface area contributed by atoms with Crippen LogP contribution in [0.3, 0.4) is 0 Å². The zero-order valence-corrected chi connectivity index (χ0v) is 19.6. The second-order valence-electron chi connectivity index (χ2n) is 8.29. The first kappa shape index (κ1) is 21.8. The highest BCUT2D eigenvalue weighted by Crippen LogP contribution is 2.35. The lowest BCUT2D eigenvalue weighted by molar-refractivity contribution is 0.0998. The van der Waals surface area contributed by atoms with Crippen molar-refractivity contribution in [3.05, 3.63) is 41.3 Å². The molecule has 0 unspecified atom stereocenters. The molecular weight excluding hydrogens is 462 g/mol. The van der Waals surface area contributed by atoms with E-state index in [1.807, 2.05) is 0 Å². The molecule has 0 aliphatic carbocycles. The zero-order valence-electron chi connectivity index (χ0n) is 18.0. The fourth-order valence-electron chi connectivity index (χ4n) is 4.21. The Labute approximate surface area is 199 Å². The zero-order chi connectivity index (χ0) is 23.2. The number of fused-ring (bicyclic) bond motifs is 1. The maximum absolute atomic E-state index is 12.6. The number of amides is 1. The molecule has 1 amide bonds. The van der Waals surface area contributed by atoms with Crippen LogP contribution >= 0.6 is 23.5 Å². The second-order valence-corrected chi connectivity index (χ2v) is 9.79. The number of carbonyl (C=O) groups is 1. The number of benzene rings is 1. The van der Waals surface area contributed by atoms with Crippen LogP contribution in [0.4, 0.5) is 11.6 Å². The standard InChI is InChI=1S/C21H24ClN9OS/c1-30-8-5-12-13(30)3-2-4-14(12)33-31-9-6-21(7-10-31)11-25-20(29-21)28-19(32)15-17(23)27-18(24)16(22)26-15/h2-5,8H,6-7,9-11H2,1H3,(H4,23,24,27)(H2,25,28,29,32). The lowest BCUT2D eigenvalue weighted by Crippen LogP contribution is -2.51. The number of nitrogens with zero attached hydrogens (tertiary/aromatic N) is 5. The molecular formula is C21H24ClN9OS. The molecule has 4 heterocycles. The molecule has 0 saturated carbocycles. The van der Waals surface area contributed by atoms with Crippen LogP contribution in [0.2, 0.25) is 5.15 Å². The van der Waals surface area contributed by atoms with Crippen molar-refractivity contribution in [2.24, 2.45) is 12.0 Å². The van der Waals surface area contributed by atoms with Gasteiger partial charge in [0.15, 0.2) is 28.4 Å². The molecule has 1 spiro atoms. The number of nitrogens with two attached hydrogens (primary N) is 2. The van der Waals surface area contributed by atoms with Gasteiger partial charge in [0.1, 0.15) is 0 Å². The van der Waals surface area contributed by atoms with Crippen molar-refractivity contribution in [3.63, 3.8) is 0 Å². The van der Waals surface area contributed by atoms with Crippen LogP contribution in [0.25, 0.3) is 10.9 Å². The molecule has 2 aromatic heterocycles. The van der Waals surface area contributed by atoms with Crippen molar-refractivity contribution in [1.82, 2.24) is 29.5 Å². The summed E-state index contributed by atoms with van der Waals surface area (Å²) in [5.74, 6) is -0.345. The van der Waals surface area contributed by atoms with E-state index < -0.39 is 5.91 Å². The van der Waals surface area contributed by atoms with Crippen LogP contribution in [-0.4, -0.2) is 55.9 Å². The van der Waals surface area contributed by atoms with Crippen LogP contribution in [0.1, 0.15) is 23.3 Å². The maximum atomic E-state index is 12.6. The highest BCUT2D eigenvalue weighted by Gasteiger charge is 2.40. The predicted octanol–water partition coefficient (Wildman–Crippen LogP) is 2.02. The van der Waals surface area contributed by atoms with Gasteiger partial charge in [-0.1, -0.05) is 17.7 Å². The molecule has 2 fully saturated rings. The van der Waals surface area contributed by atoms with Crippen LogP contribution in [0.15, 0.2) is 40.4 Å². The third-order valence-electron chi connectivity index (χ3n) is 6.09. The van der Waals surface area contributed by atoms with Gasteiger partial charge in [0.25, 0.3) is 0 Å². The Bertz CT molecular complexity index is 1270. The molecule has 2 aliphatic rings. The number of rotatable bonds is 3. The molecule has 0 radical (unpaired) electrons. The topological polar surface area (TPSA) is 139 Å². The average molecular weight is 486 g/mol. The van der Waals surface area contributed by atoms with E-state index in [1.165, 1.54) is 15.8 Å². The van der Waals surface area contributed by atoms with Crippen LogP contribution in [0, 0.1) is 0 Å². The summed E-state index contributed by atoms with van der Waals surface area (Å²) in [5.41, 5.74) is 12.3. The maximum Gasteiger partial charge on any atom is 0.302 e. The molecule has 2 aliphatic heterocycles. The molecule has 12 heteroatoms. The Morgan fingerprint density at radius 1 is 1.21 bits per heavy atom. The molecule has 33 heavy (non-hydrogen) atoms. The van der Waals surface area contributed by atoms with Gasteiger partial charge in [-0.2, -0.15) is 4.99 Å². The van der Waals surface area contributed by atoms with Crippen molar-refractivity contribution in [2.75, 3.05) is 31.1 Å². The van der Waals surface area contributed by atoms with E-state index >= 15 is 0 Å². The van der Waals surface area contributed by atoms with Gasteiger partial charge < -0.3 is 26.7 Å². The van der Waals surface area contributed by atoms with Crippen molar-refractivity contribution in [1.29, 1.82) is 0 Å². The van der Waals surface area contributed by atoms with Gasteiger partial charge in [-0.3, -0.25) is 4.79 Å². The van der Waals surface area contributed by atoms with E-state index in [9.17, 15) is 4.79 Å². The molecule has 0 atom stereocenters. The van der Waals surface area contributed by atoms with Crippen LogP contribution < -0.4 is 22.1 Å². The fourth-order valence-corrected chi connectivity index (χ4v) is 5.39. The summed E-state index contributed by atoms with van der Waals surface area (Å²) in [7, 11) is 2.06. The molecule has 6 N–H and O–H groups in total. The number of carbonyl (C=O) groups excluding carboxylic acids is 1. The lowest BCUT2D eigenvalue weighted by atomic mass is 9.90. The summed E-state index contributed by atoms with van der Waals surface area (Å²) in [6.07, 6.45) is 3.93. The van der Waals surface area contributed by atoms with Gasteiger partial charge in [-0.05, 0) is 43.0 Å². The lowest BCUT2D eigenvalue weighted by Gasteiger charge is -2.38. The van der Waals surface area contributed by atoms with Gasteiger partial charge in [0.05, 0.1) is 5.54 Å². The van der Waals surface area contributed by atoms with Crippen LogP contribution in [-0.2, 0) is 7.05 Å². The summed E-state index contributed by atoms with van der Waals surface area (Å²) < 4.78 is 4.53. The molecule has 3 aromatic rings. The Kier molecular flexibility index (Phi) is 5.55. The number of nitrogen functional groups attached to an aromatic ring is 2. The molecule has 1 aromatic carbocycles. The number of aliphatic imine (C=N–C) groups is 1. The number of aryl methyl sites for hydroxylation is 1. The Morgan fingerprint density at radius 3 is 2.79 bits per heavy atom. The third kappa shape index (κ3) is 4.19. The van der Waals surface area contributed by atoms with Gasteiger partial charge in [0, 0.05) is 48.7 Å². The largest absolute Gasteiger partial charge is 0.382 e. The van der Waals surface area contributed by atoms with E-state index in [2.05, 4.69) is 72.0 Å². The summed E-state index contributed by atoms with van der Waals surface area (Å²) in [4.78, 5) is 25.7.